The number of hydrogen-bond acceptors (Lipinski definition) is 5. The lowest BCUT2D eigenvalue weighted by Gasteiger charge is -2.17. The molecule has 5 nitrogen and oxygen atoms in total. The summed E-state index contributed by atoms with van der Waals surface area (Å²) in [4.78, 5) is 11.6. The van der Waals surface area contributed by atoms with Crippen molar-refractivity contribution in [2.24, 2.45) is 0 Å². The number of nitrogens with one attached hydrogen (secondary N) is 1. The van der Waals surface area contributed by atoms with Crippen LogP contribution >= 0.6 is 0 Å². The van der Waals surface area contributed by atoms with E-state index in [1.54, 1.807) is 0 Å². The molecule has 1 N–H and O–H groups in total. The molecular formula is C16H25NO4. The molecule has 0 saturated heterocycles. The van der Waals surface area contributed by atoms with Crippen LogP contribution in [0.4, 0.5) is 0 Å². The number of methoxy groups -OCH3 is 1. The third-order valence-electron chi connectivity index (χ3n) is 2.84. The molecule has 21 heavy (non-hydrogen) atoms. The molecule has 1 aromatic rings. The van der Waals surface area contributed by atoms with Crippen LogP contribution in [0.3, 0.4) is 0 Å². The molecule has 0 heterocycles. The van der Waals surface area contributed by atoms with Crippen molar-refractivity contribution in [1.82, 2.24) is 5.32 Å². The molecular weight excluding hydrogens is 270 g/mol. The van der Waals surface area contributed by atoms with Crippen LogP contribution in [0.5, 0.6) is 11.5 Å². The predicted octanol–water partition coefficient (Wildman–Crippen LogP) is 2.40. The van der Waals surface area contributed by atoms with E-state index in [4.69, 9.17) is 14.2 Å². The lowest BCUT2D eigenvalue weighted by atomic mass is 10.3. The zero-order chi connectivity index (χ0) is 15.5. The van der Waals surface area contributed by atoms with Crippen molar-refractivity contribution in [1.29, 1.82) is 0 Å². The maximum absolute atomic E-state index is 11.6. The second-order valence-electron chi connectivity index (χ2n) is 4.66. The molecule has 0 saturated carbocycles. The lowest BCUT2D eigenvalue weighted by molar-refractivity contribution is -0.143. The maximum Gasteiger partial charge on any atom is 0.326 e. The van der Waals surface area contributed by atoms with Crippen LogP contribution in [0, 0.1) is 0 Å². The highest BCUT2D eigenvalue weighted by Crippen LogP contribution is 2.17. The summed E-state index contributed by atoms with van der Waals surface area (Å²) in [6.45, 7) is 5.78. The Kier molecular flexibility index (Phi) is 8.28. The second-order valence-corrected chi connectivity index (χ2v) is 4.66. The van der Waals surface area contributed by atoms with Gasteiger partial charge < -0.3 is 19.5 Å². The quantitative estimate of drug-likeness (QED) is 0.672. The minimum atomic E-state index is -0.453. The van der Waals surface area contributed by atoms with Gasteiger partial charge in [-0.2, -0.15) is 0 Å². The summed E-state index contributed by atoms with van der Waals surface area (Å²) in [7, 11) is 1.38. The number of hydrogen-bond donors (Lipinski definition) is 1. The number of carbonyl (C=O) groups excluding carboxylic acids is 1. The summed E-state index contributed by atoms with van der Waals surface area (Å²) in [6.07, 6.45) is 1.92. The van der Waals surface area contributed by atoms with E-state index in [0.717, 1.165) is 25.1 Å². The van der Waals surface area contributed by atoms with Crippen molar-refractivity contribution < 1.29 is 19.0 Å². The van der Waals surface area contributed by atoms with E-state index in [9.17, 15) is 4.79 Å². The van der Waals surface area contributed by atoms with Gasteiger partial charge in [0.05, 0.1) is 13.7 Å². The molecule has 0 aliphatic heterocycles. The monoisotopic (exact) mass is 295 g/mol. The van der Waals surface area contributed by atoms with E-state index in [0.29, 0.717) is 12.4 Å². The van der Waals surface area contributed by atoms with Crippen LogP contribution in [0.15, 0.2) is 24.3 Å². The average Bonchev–Trinajstić information content (AvgIpc) is 2.53. The summed E-state index contributed by atoms with van der Waals surface area (Å²) < 4.78 is 15.9. The third-order valence-corrected chi connectivity index (χ3v) is 2.84. The smallest absolute Gasteiger partial charge is 0.326 e. The summed E-state index contributed by atoms with van der Waals surface area (Å²) >= 11 is 0. The Hall–Kier alpha value is -1.75. The second kappa shape index (κ2) is 10.0. The fraction of sp³-hybridized carbons (Fsp3) is 0.562. The number of ether oxygens (including phenoxy) is 3. The molecule has 0 amide bonds. The van der Waals surface area contributed by atoms with Crippen molar-refractivity contribution in [2.45, 2.75) is 32.7 Å². The van der Waals surface area contributed by atoms with Crippen molar-refractivity contribution in [3.63, 3.8) is 0 Å². The number of esters is 1. The molecule has 0 aromatic heterocycles. The molecule has 1 aromatic carbocycles. The van der Waals surface area contributed by atoms with Crippen molar-refractivity contribution >= 4 is 5.97 Å². The van der Waals surface area contributed by atoms with Gasteiger partial charge in [-0.05, 0) is 43.7 Å². The summed E-state index contributed by atoms with van der Waals surface area (Å²) in [5.41, 5.74) is 0. The Balaban J connectivity index is 2.48. The topological polar surface area (TPSA) is 56.8 Å². The van der Waals surface area contributed by atoms with Gasteiger partial charge in [-0.3, -0.25) is 4.79 Å². The van der Waals surface area contributed by atoms with Crippen LogP contribution in [-0.4, -0.2) is 38.9 Å². The summed E-state index contributed by atoms with van der Waals surface area (Å²) in [5, 5.41) is 3.11. The van der Waals surface area contributed by atoms with Gasteiger partial charge in [0.2, 0.25) is 0 Å². The highest BCUT2D eigenvalue weighted by Gasteiger charge is 2.18. The lowest BCUT2D eigenvalue weighted by Crippen LogP contribution is -2.42. The van der Waals surface area contributed by atoms with E-state index in [-0.39, 0.29) is 12.6 Å². The molecule has 5 heteroatoms. The highest BCUT2D eigenvalue weighted by atomic mass is 16.5. The van der Waals surface area contributed by atoms with Crippen LogP contribution in [0.2, 0.25) is 0 Å². The SMILES string of the molecule is CCCNC(COc1ccc(OCCC)cc1)C(=O)OC. The van der Waals surface area contributed by atoms with Gasteiger partial charge in [0.1, 0.15) is 24.1 Å². The molecule has 0 bridgehead atoms. The van der Waals surface area contributed by atoms with Gasteiger partial charge >= 0.3 is 5.97 Å². The third kappa shape index (κ3) is 6.49. The van der Waals surface area contributed by atoms with Crippen molar-refractivity contribution in [2.75, 3.05) is 26.9 Å². The normalized spacial score (nSPS) is 11.8. The number of rotatable bonds is 10. The van der Waals surface area contributed by atoms with Crippen molar-refractivity contribution in [3.05, 3.63) is 24.3 Å². The molecule has 1 atom stereocenters. The minimum Gasteiger partial charge on any atom is -0.494 e. The average molecular weight is 295 g/mol. The molecule has 0 aliphatic rings. The van der Waals surface area contributed by atoms with Crippen molar-refractivity contribution in [3.8, 4) is 11.5 Å². The van der Waals surface area contributed by atoms with Gasteiger partial charge in [0, 0.05) is 0 Å². The Morgan fingerprint density at radius 2 is 1.71 bits per heavy atom. The molecule has 0 spiro atoms. The summed E-state index contributed by atoms with van der Waals surface area (Å²) in [5.74, 6) is 1.20. The Morgan fingerprint density at radius 1 is 1.10 bits per heavy atom. The summed E-state index contributed by atoms with van der Waals surface area (Å²) in [6, 6.07) is 6.93. The van der Waals surface area contributed by atoms with Gasteiger partial charge in [0.25, 0.3) is 0 Å². The molecule has 118 valence electrons. The van der Waals surface area contributed by atoms with Gasteiger partial charge in [-0.25, -0.2) is 0 Å². The van der Waals surface area contributed by atoms with Crippen LogP contribution in [-0.2, 0) is 9.53 Å². The van der Waals surface area contributed by atoms with E-state index >= 15 is 0 Å². The zero-order valence-corrected chi connectivity index (χ0v) is 13.1. The van der Waals surface area contributed by atoms with Gasteiger partial charge in [0.15, 0.2) is 0 Å². The highest BCUT2D eigenvalue weighted by molar-refractivity contribution is 5.75. The Bertz CT molecular complexity index is 405. The van der Waals surface area contributed by atoms with E-state index < -0.39 is 6.04 Å². The first-order chi connectivity index (χ1) is 10.2. The molecule has 0 aliphatic carbocycles. The molecule has 1 unspecified atom stereocenters. The molecule has 1 rings (SSSR count). The Labute approximate surface area is 126 Å². The van der Waals surface area contributed by atoms with E-state index in [1.165, 1.54) is 7.11 Å². The Morgan fingerprint density at radius 3 is 2.24 bits per heavy atom. The zero-order valence-electron chi connectivity index (χ0n) is 13.1. The van der Waals surface area contributed by atoms with Gasteiger partial charge in [-0.1, -0.05) is 13.8 Å². The first-order valence-electron chi connectivity index (χ1n) is 7.38. The maximum atomic E-state index is 11.6. The van der Waals surface area contributed by atoms with E-state index in [2.05, 4.69) is 12.2 Å². The first-order valence-corrected chi connectivity index (χ1v) is 7.38. The number of benzene rings is 1. The van der Waals surface area contributed by atoms with Crippen LogP contribution in [0.25, 0.3) is 0 Å². The fourth-order valence-electron chi connectivity index (χ4n) is 1.70. The predicted molar refractivity (Wildman–Crippen MR) is 81.8 cm³/mol. The van der Waals surface area contributed by atoms with Crippen LogP contribution < -0.4 is 14.8 Å². The fourth-order valence-corrected chi connectivity index (χ4v) is 1.70. The largest absolute Gasteiger partial charge is 0.494 e. The standard InChI is InChI=1S/C16H25NO4/c1-4-10-17-15(16(18)19-3)12-21-14-8-6-13(7-9-14)20-11-5-2/h6-9,15,17H,4-5,10-12H2,1-3H3. The first kappa shape index (κ1) is 17.3. The number of carbonyl (C=O) groups is 1. The molecule has 0 radical (unpaired) electrons. The van der Waals surface area contributed by atoms with Gasteiger partial charge in [-0.15, -0.1) is 0 Å². The molecule has 0 fully saturated rings. The van der Waals surface area contributed by atoms with E-state index in [1.807, 2.05) is 31.2 Å². The van der Waals surface area contributed by atoms with Crippen LogP contribution in [0.1, 0.15) is 26.7 Å². The minimum absolute atomic E-state index is 0.238.